The van der Waals surface area contributed by atoms with Gasteiger partial charge in [0, 0.05) is 42.9 Å². The van der Waals surface area contributed by atoms with E-state index in [1.807, 2.05) is 12.1 Å². The molecule has 0 fully saturated rings. The average Bonchev–Trinajstić information content (AvgIpc) is 1.33. The molecule has 592 valence electrons. The summed E-state index contributed by atoms with van der Waals surface area (Å²) < 4.78 is 0. The number of phenolic OH excluding ortho intramolecular Hbond substituents is 1. The number of aromatic nitrogens is 1. The molecule has 0 saturated heterocycles. The van der Waals surface area contributed by atoms with Crippen LogP contribution in [0.25, 0.3) is 10.9 Å². The van der Waals surface area contributed by atoms with Crippen LogP contribution in [0.2, 0.25) is 0 Å². The molecule has 0 unspecified atom stereocenters. The predicted octanol–water partition coefficient (Wildman–Crippen LogP) is 0.666. The maximum absolute atomic E-state index is 15.0. The lowest BCUT2D eigenvalue weighted by molar-refractivity contribution is -0.142. The first-order chi connectivity index (χ1) is 51.0. The molecule has 3 aromatic carbocycles. The molecule has 32 heteroatoms. The number of rotatable bonds is 48. The highest BCUT2D eigenvalue weighted by Crippen LogP contribution is 2.22. The minimum Gasteiger partial charge on any atom is -0.508 e. The lowest BCUT2D eigenvalue weighted by Gasteiger charge is -2.34. The van der Waals surface area contributed by atoms with Crippen molar-refractivity contribution < 1.29 is 72.9 Å². The molecule has 4 rings (SSSR count). The Labute approximate surface area is 630 Å². The number of nitrogens with one attached hydrogen (secondary N) is 12. The Morgan fingerprint density at radius 2 is 1.03 bits per heavy atom. The second kappa shape index (κ2) is 44.4. The van der Waals surface area contributed by atoms with Gasteiger partial charge in [0.2, 0.25) is 65.0 Å². The van der Waals surface area contributed by atoms with Crippen LogP contribution in [0.15, 0.2) is 115 Å². The summed E-state index contributed by atoms with van der Waals surface area (Å²) in [6.07, 6.45) is 4.09. The van der Waals surface area contributed by atoms with Crippen molar-refractivity contribution in [3.8, 4) is 5.75 Å². The Balaban J connectivity index is 1.58. The maximum atomic E-state index is 15.0. The zero-order valence-electron chi connectivity index (χ0n) is 63.1. The Hall–Kier alpha value is -10.7. The third kappa shape index (κ3) is 29.9. The predicted molar refractivity (Wildman–Crippen MR) is 409 cm³/mol. The maximum Gasteiger partial charge on any atom is 0.326 e. The number of carbonyl (C=O) groups excluding carboxylic acids is 11. The number of aliphatic hydroxyl groups excluding tert-OH is 1. The highest BCUT2D eigenvalue weighted by atomic mass is 16.4. The van der Waals surface area contributed by atoms with Gasteiger partial charge < -0.3 is 102 Å². The van der Waals surface area contributed by atoms with E-state index < -0.39 is 149 Å². The minimum atomic E-state index is -1.84. The molecule has 0 spiro atoms. The molecular weight excluding hydrogens is 1390 g/mol. The number of carbonyl (C=O) groups is 12. The van der Waals surface area contributed by atoms with Gasteiger partial charge in [0.05, 0.1) is 12.6 Å². The van der Waals surface area contributed by atoms with Crippen LogP contribution in [0.4, 0.5) is 0 Å². The van der Waals surface area contributed by atoms with Crippen molar-refractivity contribution in [3.63, 3.8) is 0 Å². The van der Waals surface area contributed by atoms with Gasteiger partial charge in [-0.2, -0.15) is 0 Å². The number of phenols is 1. The third-order valence-corrected chi connectivity index (χ3v) is 18.0. The Morgan fingerprint density at radius 1 is 0.546 bits per heavy atom. The van der Waals surface area contributed by atoms with Crippen LogP contribution in [0.1, 0.15) is 143 Å². The van der Waals surface area contributed by atoms with Crippen LogP contribution in [0.5, 0.6) is 5.75 Å². The van der Waals surface area contributed by atoms with Gasteiger partial charge in [0.25, 0.3) is 0 Å². The number of nitrogens with two attached hydrogens (primary N) is 4. The fourth-order valence-corrected chi connectivity index (χ4v) is 11.7. The van der Waals surface area contributed by atoms with Crippen molar-refractivity contribution in [2.45, 2.75) is 217 Å². The normalized spacial score (nSPS) is 15.1. The summed E-state index contributed by atoms with van der Waals surface area (Å²) in [5.41, 5.74) is 21.5. The number of nitrogens with zero attached hydrogens (tertiary/aromatic N) is 1. The van der Waals surface area contributed by atoms with E-state index in [-0.39, 0.29) is 114 Å². The smallest absolute Gasteiger partial charge is 0.326 e. The van der Waals surface area contributed by atoms with Crippen molar-refractivity contribution in [2.24, 2.45) is 39.8 Å². The van der Waals surface area contributed by atoms with E-state index in [1.165, 1.54) is 64.1 Å². The summed E-state index contributed by atoms with van der Waals surface area (Å²) in [7, 11) is 0. The first-order valence-corrected chi connectivity index (χ1v) is 36.4. The number of hydrogen-bond acceptors (Lipinski definition) is 17. The van der Waals surface area contributed by atoms with Gasteiger partial charge in [-0.25, -0.2) is 4.79 Å². The van der Waals surface area contributed by atoms with Crippen LogP contribution in [0.3, 0.4) is 0 Å². The van der Waals surface area contributed by atoms with E-state index >= 15 is 4.79 Å². The number of para-hydroxylation sites is 1. The number of hydrogen-bond donors (Lipinski definition) is 19. The second-order valence-corrected chi connectivity index (χ2v) is 28.4. The summed E-state index contributed by atoms with van der Waals surface area (Å²) in [6, 6.07) is 9.34. The van der Waals surface area contributed by atoms with Crippen molar-refractivity contribution in [1.29, 1.82) is 0 Å². The lowest BCUT2D eigenvalue weighted by Crippen LogP contribution is -2.65. The van der Waals surface area contributed by atoms with Crippen molar-refractivity contribution in [3.05, 3.63) is 127 Å². The zero-order chi connectivity index (χ0) is 80.4. The molecule has 1 aromatic heterocycles. The number of aliphatic carboxylic acids is 1. The summed E-state index contributed by atoms with van der Waals surface area (Å²) in [5, 5.41) is 60.4. The SMILES string of the molecule is C=CCC[C@](C)(NC(=O)[C@H](CC(C)C)NC(=O)[C@H](CCCCN)NC(=O)[C@H](CC(C)C)NC(=O)[C@](C)(CCC=C)NC(=O)[C@H](Cc1ccccc1)NC(=O)[C@H](Cc1ccc(O)cc1)NC(=O)[C@H](C)NC(=O)[C@@H](N)[C@@H](C)O)C(=O)NCC(=O)N[C@@H](CCCN=C(N)N)C(=O)N[C@@H](Cc1c[nH]c2ccccc12)C(=O)O. The van der Waals surface area contributed by atoms with Gasteiger partial charge in [-0.15, -0.1) is 13.2 Å². The molecule has 4 aromatic rings. The molecular formula is C76H113N17O15. The van der Waals surface area contributed by atoms with Crippen LogP contribution < -0.4 is 81.4 Å². The summed E-state index contributed by atoms with van der Waals surface area (Å²) in [5.74, 6) is -11.3. The number of aromatic amines is 1. The Bertz CT molecular complexity index is 3730. The van der Waals surface area contributed by atoms with Gasteiger partial charge in [0.1, 0.15) is 71.2 Å². The second-order valence-electron chi connectivity index (χ2n) is 28.4. The number of unbranched alkanes of at least 4 members (excludes halogenated alkanes) is 1. The van der Waals surface area contributed by atoms with E-state index in [9.17, 15) is 68.1 Å². The van der Waals surface area contributed by atoms with Crippen LogP contribution >= 0.6 is 0 Å². The summed E-state index contributed by atoms with van der Waals surface area (Å²) in [4.78, 5) is 177. The zero-order valence-corrected chi connectivity index (χ0v) is 63.1. The van der Waals surface area contributed by atoms with Crippen molar-refractivity contribution >= 4 is 87.8 Å². The van der Waals surface area contributed by atoms with E-state index in [1.54, 1.807) is 76.4 Å². The molecule has 12 atom stereocenters. The van der Waals surface area contributed by atoms with Crippen molar-refractivity contribution in [1.82, 2.24) is 63.5 Å². The third-order valence-electron chi connectivity index (χ3n) is 18.0. The van der Waals surface area contributed by atoms with Gasteiger partial charge in [-0.3, -0.25) is 57.7 Å². The largest absolute Gasteiger partial charge is 0.508 e. The van der Waals surface area contributed by atoms with E-state index in [0.29, 0.717) is 29.5 Å². The number of amides is 11. The average molecular weight is 1500 g/mol. The van der Waals surface area contributed by atoms with Gasteiger partial charge in [-0.05, 0) is 152 Å². The highest BCUT2D eigenvalue weighted by molar-refractivity contribution is 6.01. The van der Waals surface area contributed by atoms with Crippen molar-refractivity contribution in [2.75, 3.05) is 19.6 Å². The fourth-order valence-electron chi connectivity index (χ4n) is 11.7. The van der Waals surface area contributed by atoms with Crippen LogP contribution in [-0.2, 0) is 76.8 Å². The van der Waals surface area contributed by atoms with Gasteiger partial charge in [-0.1, -0.05) is 101 Å². The molecule has 0 radical (unpaired) electrons. The van der Waals surface area contributed by atoms with Crippen LogP contribution in [0, 0.1) is 11.8 Å². The van der Waals surface area contributed by atoms with E-state index in [0.717, 1.165) is 10.9 Å². The monoisotopic (exact) mass is 1500 g/mol. The number of carboxylic acids is 1. The molecule has 32 nitrogen and oxygen atoms in total. The number of aliphatic imine (C=N–C) groups is 1. The summed E-state index contributed by atoms with van der Waals surface area (Å²) >= 11 is 0. The molecule has 0 aliphatic carbocycles. The Kier molecular flexibility index (Phi) is 36.9. The number of H-pyrrole nitrogens is 1. The number of aliphatic hydroxyl groups is 1. The number of aromatic hydroxyl groups is 1. The molecule has 0 bridgehead atoms. The molecule has 23 N–H and O–H groups in total. The summed E-state index contributed by atoms with van der Waals surface area (Å²) in [6.45, 7) is 19.8. The molecule has 108 heavy (non-hydrogen) atoms. The number of benzene rings is 3. The number of allylic oxidation sites excluding steroid dienone is 2. The number of fused-ring (bicyclic) bond motifs is 1. The number of guanidine groups is 1. The quantitative estimate of drug-likeness (QED) is 0.0125. The Morgan fingerprint density at radius 3 is 1.59 bits per heavy atom. The standard InChI is InChI=1S/C76H113N17O15/c1-11-13-33-75(9,72(107)83-43-61(96)85-54(28-22-36-81-74(79)80)64(98)90-60(71(105)106)41-50-42-82-53-26-19-18-25-52(50)53)92-68(102)57(38-45(5)6)88-65(99)55(27-20-21-35-77)86-66(100)56(37-44(3)4)91-73(108)76(10,34-14-12-2)93-69(103)59(39-48-23-16-15-17-24-48)89-67(101)58(40-49-29-31-51(95)32-30-49)87-63(97)46(7)84-70(104)62(78)47(8)94/h11-12,15-19,23-26,29-32,42,44-47,54-60,62,82,94-95H,1-2,13-14,20-22,27-28,33-41,43,77-78H2,3-10H3,(H,83,107)(H,84,104)(H,85,96)(H,86,100)(H,87,97)(H,88,99)(H,89,101)(H,90,98)(H,91,108)(H,92,102)(H,93,103)(H,105,106)(H4,79,80,81)/t46-,47+,54-,55-,56-,57-,58-,59-,60-,62-,75-,76-/m0/s1. The number of carboxylic acid groups (broad SMARTS) is 1. The molecule has 0 aliphatic rings. The van der Waals surface area contributed by atoms with Crippen LogP contribution in [-0.4, -0.2) is 188 Å². The topological polar surface area (TPSA) is 530 Å². The lowest BCUT2D eigenvalue weighted by atomic mass is 9.92. The van der Waals surface area contributed by atoms with E-state index in [2.05, 4.69) is 81.6 Å². The molecule has 0 aliphatic heterocycles. The van der Waals surface area contributed by atoms with E-state index in [4.69, 9.17) is 22.9 Å². The molecule has 0 saturated carbocycles. The fraction of sp³-hybridized carbons (Fsp3) is 0.513. The first kappa shape index (κ1) is 89.7. The van der Waals surface area contributed by atoms with Gasteiger partial charge >= 0.3 is 5.97 Å². The molecule has 1 heterocycles. The first-order valence-electron chi connectivity index (χ1n) is 36.4. The minimum absolute atomic E-state index is 0.00790. The highest BCUT2D eigenvalue weighted by Gasteiger charge is 2.42. The van der Waals surface area contributed by atoms with Gasteiger partial charge in [0.15, 0.2) is 5.96 Å². The molecule has 11 amide bonds.